The van der Waals surface area contributed by atoms with Crippen molar-refractivity contribution >= 4 is 27.9 Å². The Hall–Kier alpha value is -3.63. The number of H-pyrrole nitrogens is 1. The number of hydrogen-bond donors (Lipinski definition) is 2. The maximum absolute atomic E-state index is 13.1. The molecule has 0 saturated heterocycles. The van der Waals surface area contributed by atoms with E-state index in [0.717, 1.165) is 16.3 Å². The van der Waals surface area contributed by atoms with E-state index in [4.69, 9.17) is 10.00 Å². The summed E-state index contributed by atoms with van der Waals surface area (Å²) in [5, 5.41) is 27.5. The van der Waals surface area contributed by atoms with Gasteiger partial charge in [0.1, 0.15) is 11.3 Å². The molecule has 0 bridgehead atoms. The van der Waals surface area contributed by atoms with E-state index in [1.54, 1.807) is 24.3 Å². The minimum absolute atomic E-state index is 0.0921. The van der Waals surface area contributed by atoms with Gasteiger partial charge in [-0.05, 0) is 62.7 Å². The number of aliphatic hydroxyl groups excluding tert-OH is 1. The first-order valence-corrected chi connectivity index (χ1v) is 9.18. The lowest BCUT2D eigenvalue weighted by atomic mass is 10.1. The Morgan fingerprint density at radius 2 is 2.03 bits per heavy atom. The number of rotatable bonds is 2. The van der Waals surface area contributed by atoms with Gasteiger partial charge in [0, 0.05) is 10.8 Å². The molecule has 2 heterocycles. The van der Waals surface area contributed by atoms with Crippen molar-refractivity contribution in [3.63, 3.8) is 0 Å². The molecule has 0 amide bonds. The van der Waals surface area contributed by atoms with Gasteiger partial charge < -0.3 is 9.84 Å². The van der Waals surface area contributed by atoms with Crippen molar-refractivity contribution in [3.05, 3.63) is 53.6 Å². The topological polar surface area (TPSA) is 104 Å². The summed E-state index contributed by atoms with van der Waals surface area (Å²) < 4.78 is 7.12. The maximum atomic E-state index is 13.1. The van der Waals surface area contributed by atoms with E-state index in [9.17, 15) is 9.90 Å². The van der Waals surface area contributed by atoms with Crippen molar-refractivity contribution in [2.45, 2.75) is 33.0 Å². The Kier molecular flexibility index (Phi) is 4.36. The molecule has 7 heteroatoms. The number of nitrogens with one attached hydrogen (secondary N) is 1. The van der Waals surface area contributed by atoms with Crippen molar-refractivity contribution in [1.82, 2.24) is 14.8 Å². The zero-order valence-electron chi connectivity index (χ0n) is 16.4. The van der Waals surface area contributed by atoms with Crippen LogP contribution in [0.25, 0.3) is 33.2 Å². The first-order chi connectivity index (χ1) is 13.8. The van der Waals surface area contributed by atoms with Crippen LogP contribution in [0.15, 0.2) is 42.5 Å². The molecule has 0 aliphatic rings. The monoisotopic (exact) mass is 388 g/mol. The molecule has 0 spiro atoms. The van der Waals surface area contributed by atoms with Gasteiger partial charge in [-0.25, -0.2) is 9.36 Å². The number of aliphatic hydroxyl groups is 1. The second-order valence-corrected chi connectivity index (χ2v) is 7.84. The Balaban J connectivity index is 1.97. The molecule has 2 aromatic carbocycles. The summed E-state index contributed by atoms with van der Waals surface area (Å²) in [5.41, 5.74) is 3.12. The van der Waals surface area contributed by atoms with E-state index in [1.165, 1.54) is 4.57 Å². The molecule has 0 radical (unpaired) electrons. The number of ether oxygens (including phenoxy) is 1. The first kappa shape index (κ1) is 18.7. The van der Waals surface area contributed by atoms with Gasteiger partial charge in [-0.15, -0.1) is 0 Å². The molecule has 0 saturated carbocycles. The summed E-state index contributed by atoms with van der Waals surface area (Å²) in [6.07, 6.45) is -0.510. The number of carbonyl (C=O) groups is 1. The quantitative estimate of drug-likeness (QED) is 0.532. The largest absolute Gasteiger partial charge is 0.443 e. The molecule has 0 aliphatic heterocycles. The molecule has 4 rings (SSSR count). The lowest BCUT2D eigenvalue weighted by Crippen LogP contribution is -2.27. The normalized spacial score (nSPS) is 11.7. The summed E-state index contributed by atoms with van der Waals surface area (Å²) >= 11 is 0. The smallest absolute Gasteiger partial charge is 0.419 e. The number of carbonyl (C=O) groups excluding carboxylic acids is 1. The summed E-state index contributed by atoms with van der Waals surface area (Å²) in [7, 11) is 0. The lowest BCUT2D eigenvalue weighted by Gasteiger charge is -2.20. The molecular formula is C22H20N4O3. The van der Waals surface area contributed by atoms with Crippen LogP contribution in [0, 0.1) is 11.3 Å². The summed E-state index contributed by atoms with van der Waals surface area (Å²) in [5.74, 6) is 0. The van der Waals surface area contributed by atoms with Crippen LogP contribution in [0.3, 0.4) is 0 Å². The summed E-state index contributed by atoms with van der Waals surface area (Å²) in [6, 6.07) is 14.6. The average molecular weight is 388 g/mol. The molecule has 0 atom stereocenters. The molecule has 7 nitrogen and oxygen atoms in total. The van der Waals surface area contributed by atoms with Crippen LogP contribution in [-0.4, -0.2) is 31.6 Å². The number of aromatic amines is 1. The zero-order chi connectivity index (χ0) is 20.8. The fourth-order valence-electron chi connectivity index (χ4n) is 3.33. The second-order valence-electron chi connectivity index (χ2n) is 7.84. The highest BCUT2D eigenvalue weighted by Gasteiger charge is 2.25. The van der Waals surface area contributed by atoms with E-state index < -0.39 is 11.7 Å². The van der Waals surface area contributed by atoms with Crippen molar-refractivity contribution in [2.24, 2.45) is 0 Å². The molecule has 0 aliphatic carbocycles. The molecule has 0 fully saturated rings. The molecule has 146 valence electrons. The highest BCUT2D eigenvalue weighted by molar-refractivity contribution is 6.01. The van der Waals surface area contributed by atoms with Gasteiger partial charge in [0.15, 0.2) is 0 Å². The van der Waals surface area contributed by atoms with E-state index in [-0.39, 0.29) is 6.61 Å². The van der Waals surface area contributed by atoms with E-state index >= 15 is 0 Å². The van der Waals surface area contributed by atoms with Gasteiger partial charge in [0.25, 0.3) is 0 Å². The number of benzene rings is 2. The molecule has 0 unspecified atom stereocenters. The van der Waals surface area contributed by atoms with Crippen LogP contribution >= 0.6 is 0 Å². The Bertz CT molecular complexity index is 1290. The van der Waals surface area contributed by atoms with Gasteiger partial charge in [-0.2, -0.15) is 10.4 Å². The summed E-state index contributed by atoms with van der Waals surface area (Å²) in [4.78, 5) is 13.1. The molecule has 2 aromatic heterocycles. The SMILES string of the molecule is CC(C)(C)OC(=O)n1c(-c2n[nH]c3cc(C#N)ccc23)cc2cc(CO)ccc21. The number of nitriles is 1. The van der Waals surface area contributed by atoms with E-state index in [2.05, 4.69) is 16.3 Å². The van der Waals surface area contributed by atoms with E-state index in [0.29, 0.717) is 28.0 Å². The average Bonchev–Trinajstić information content (AvgIpc) is 3.26. The van der Waals surface area contributed by atoms with Gasteiger partial charge >= 0.3 is 6.09 Å². The van der Waals surface area contributed by atoms with Gasteiger partial charge in [0.05, 0.1) is 35.0 Å². The van der Waals surface area contributed by atoms with Crippen molar-refractivity contribution in [3.8, 4) is 17.5 Å². The van der Waals surface area contributed by atoms with E-state index in [1.807, 2.05) is 39.0 Å². The molecule has 29 heavy (non-hydrogen) atoms. The van der Waals surface area contributed by atoms with Crippen LogP contribution in [0.1, 0.15) is 31.9 Å². The minimum Gasteiger partial charge on any atom is -0.443 e. The standard InChI is InChI=1S/C22H20N4O3/c1-22(2,3)29-21(28)26-18-7-5-14(12-27)8-15(18)10-19(26)20-16-6-4-13(11-23)9-17(16)24-25-20/h4-10,27H,12H2,1-3H3,(H,24,25). The van der Waals surface area contributed by atoms with Crippen molar-refractivity contribution < 1.29 is 14.6 Å². The summed E-state index contributed by atoms with van der Waals surface area (Å²) in [6.45, 7) is 5.35. The molecule has 4 aromatic rings. The molecular weight excluding hydrogens is 368 g/mol. The fourth-order valence-corrected chi connectivity index (χ4v) is 3.33. The number of fused-ring (bicyclic) bond motifs is 2. The maximum Gasteiger partial charge on any atom is 0.419 e. The van der Waals surface area contributed by atoms with Crippen molar-refractivity contribution in [1.29, 1.82) is 5.26 Å². The van der Waals surface area contributed by atoms with Crippen molar-refractivity contribution in [2.75, 3.05) is 0 Å². The second kappa shape index (κ2) is 6.76. The zero-order valence-corrected chi connectivity index (χ0v) is 16.4. The van der Waals surface area contributed by atoms with Gasteiger partial charge in [-0.3, -0.25) is 5.10 Å². The number of hydrogen-bond acceptors (Lipinski definition) is 5. The van der Waals surface area contributed by atoms with Gasteiger partial charge in [-0.1, -0.05) is 6.07 Å². The number of nitrogens with zero attached hydrogens (tertiary/aromatic N) is 3. The highest BCUT2D eigenvalue weighted by Crippen LogP contribution is 2.33. The lowest BCUT2D eigenvalue weighted by molar-refractivity contribution is 0.0547. The Morgan fingerprint density at radius 3 is 2.72 bits per heavy atom. The van der Waals surface area contributed by atoms with Crippen LogP contribution in [0.2, 0.25) is 0 Å². The van der Waals surface area contributed by atoms with Crippen LogP contribution in [0.4, 0.5) is 4.79 Å². The number of aromatic nitrogens is 3. The van der Waals surface area contributed by atoms with Crippen LogP contribution in [0.5, 0.6) is 0 Å². The third-order valence-electron chi connectivity index (χ3n) is 4.56. The highest BCUT2D eigenvalue weighted by atomic mass is 16.6. The predicted molar refractivity (Wildman–Crippen MR) is 109 cm³/mol. The Morgan fingerprint density at radius 1 is 1.24 bits per heavy atom. The fraction of sp³-hybridized carbons (Fsp3) is 0.227. The van der Waals surface area contributed by atoms with Crippen LogP contribution < -0.4 is 0 Å². The predicted octanol–water partition coefficient (Wildman–Crippen LogP) is 4.33. The van der Waals surface area contributed by atoms with Crippen LogP contribution in [-0.2, 0) is 11.3 Å². The first-order valence-electron chi connectivity index (χ1n) is 9.18. The third kappa shape index (κ3) is 3.35. The van der Waals surface area contributed by atoms with Gasteiger partial charge in [0.2, 0.25) is 0 Å². The minimum atomic E-state index is -0.661. The third-order valence-corrected chi connectivity index (χ3v) is 4.56. The molecule has 2 N–H and O–H groups in total. The Labute approximate surface area is 167 Å².